The maximum atomic E-state index is 14.0. The van der Waals surface area contributed by atoms with Crippen molar-refractivity contribution < 1.29 is 32.6 Å². The van der Waals surface area contributed by atoms with Crippen molar-refractivity contribution in [1.29, 1.82) is 0 Å². The molecule has 1 fully saturated rings. The maximum absolute atomic E-state index is 14.0. The molecule has 30 heavy (non-hydrogen) atoms. The van der Waals surface area contributed by atoms with Gasteiger partial charge in [0, 0.05) is 30.8 Å². The van der Waals surface area contributed by atoms with Crippen molar-refractivity contribution in [3.8, 4) is 11.5 Å². The molecule has 0 aliphatic carbocycles. The van der Waals surface area contributed by atoms with Crippen molar-refractivity contribution in [2.45, 2.75) is 6.42 Å². The van der Waals surface area contributed by atoms with Gasteiger partial charge in [-0.1, -0.05) is 0 Å². The van der Waals surface area contributed by atoms with Crippen LogP contribution < -0.4 is 25.4 Å². The molecule has 156 valence electrons. The summed E-state index contributed by atoms with van der Waals surface area (Å²) in [5.74, 6) is -3.89. The molecule has 2 aliphatic heterocycles. The second kappa shape index (κ2) is 7.62. The number of nitrogens with zero attached hydrogens (tertiary/aromatic N) is 1. The smallest absolute Gasteiger partial charge is 0.251 e. The number of nitrogens with two attached hydrogens (primary N) is 1. The minimum Gasteiger partial charge on any atom is -0.486 e. The first-order valence-corrected chi connectivity index (χ1v) is 9.13. The Labute approximate surface area is 169 Å². The van der Waals surface area contributed by atoms with E-state index < -0.39 is 34.9 Å². The molecular formula is C20H17F2N3O5. The van der Waals surface area contributed by atoms with E-state index in [1.165, 1.54) is 4.90 Å². The molecular weight excluding hydrogens is 400 g/mol. The Bertz CT molecular complexity index is 1060. The second-order valence-electron chi connectivity index (χ2n) is 6.90. The minimum absolute atomic E-state index is 0.0653. The highest BCUT2D eigenvalue weighted by molar-refractivity contribution is 6.04. The molecule has 2 aromatic carbocycles. The van der Waals surface area contributed by atoms with Crippen LogP contribution in [-0.4, -0.2) is 37.5 Å². The number of hydrogen-bond donors (Lipinski definition) is 2. The average molecular weight is 417 g/mol. The van der Waals surface area contributed by atoms with Crippen molar-refractivity contribution >= 4 is 29.1 Å². The van der Waals surface area contributed by atoms with Crippen molar-refractivity contribution in [3.63, 3.8) is 0 Å². The molecule has 0 bridgehead atoms. The number of benzene rings is 2. The third kappa shape index (κ3) is 3.63. The third-order valence-electron chi connectivity index (χ3n) is 4.91. The fraction of sp³-hybridized carbons (Fsp3) is 0.250. The zero-order valence-electron chi connectivity index (χ0n) is 15.6. The molecule has 2 aromatic rings. The van der Waals surface area contributed by atoms with E-state index in [1.54, 1.807) is 18.2 Å². The molecule has 2 heterocycles. The number of fused-ring (bicyclic) bond motifs is 1. The van der Waals surface area contributed by atoms with Crippen LogP contribution in [0.5, 0.6) is 11.5 Å². The predicted molar refractivity (Wildman–Crippen MR) is 101 cm³/mol. The van der Waals surface area contributed by atoms with Gasteiger partial charge in [-0.05, 0) is 18.2 Å². The van der Waals surface area contributed by atoms with Crippen LogP contribution in [0.3, 0.4) is 0 Å². The SMILES string of the molecule is NC(=O)c1cc(NC(=O)C2CC(=O)N(c3ccc4c(c3)OCCO4)C2)c(F)cc1F. The molecule has 2 aliphatic rings. The molecule has 0 spiro atoms. The summed E-state index contributed by atoms with van der Waals surface area (Å²) in [5, 5.41) is 2.31. The van der Waals surface area contributed by atoms with Gasteiger partial charge in [-0.3, -0.25) is 14.4 Å². The van der Waals surface area contributed by atoms with E-state index in [1.807, 2.05) is 0 Å². The highest BCUT2D eigenvalue weighted by Crippen LogP contribution is 2.36. The highest BCUT2D eigenvalue weighted by atomic mass is 19.1. The topological polar surface area (TPSA) is 111 Å². The Balaban J connectivity index is 1.50. The van der Waals surface area contributed by atoms with E-state index in [2.05, 4.69) is 5.32 Å². The van der Waals surface area contributed by atoms with E-state index in [9.17, 15) is 23.2 Å². The Morgan fingerprint density at radius 2 is 1.80 bits per heavy atom. The summed E-state index contributed by atoms with van der Waals surface area (Å²) >= 11 is 0. The Morgan fingerprint density at radius 1 is 1.07 bits per heavy atom. The molecule has 0 saturated carbocycles. The van der Waals surface area contributed by atoms with Crippen molar-refractivity contribution in [3.05, 3.63) is 47.5 Å². The number of carbonyl (C=O) groups excluding carboxylic acids is 3. The molecule has 10 heteroatoms. The quantitative estimate of drug-likeness (QED) is 0.789. The Hall–Kier alpha value is -3.69. The number of ether oxygens (including phenoxy) is 2. The lowest BCUT2D eigenvalue weighted by Gasteiger charge is -2.22. The molecule has 1 atom stereocenters. The summed E-state index contributed by atoms with van der Waals surface area (Å²) in [6.45, 7) is 0.899. The zero-order chi connectivity index (χ0) is 21.4. The monoisotopic (exact) mass is 417 g/mol. The van der Waals surface area contributed by atoms with Crippen LogP contribution in [0.1, 0.15) is 16.8 Å². The van der Waals surface area contributed by atoms with Crippen LogP contribution in [0, 0.1) is 17.6 Å². The van der Waals surface area contributed by atoms with Crippen LogP contribution in [0.2, 0.25) is 0 Å². The number of primary amides is 1. The van der Waals surface area contributed by atoms with Gasteiger partial charge in [-0.2, -0.15) is 0 Å². The van der Waals surface area contributed by atoms with Crippen molar-refractivity contribution in [1.82, 2.24) is 0 Å². The van der Waals surface area contributed by atoms with E-state index in [0.29, 0.717) is 36.5 Å². The van der Waals surface area contributed by atoms with Gasteiger partial charge in [0.05, 0.1) is 17.2 Å². The standard InChI is InChI=1S/C20H17F2N3O5/c21-13-8-14(22)15(7-12(13)19(23)27)24-20(28)10-5-18(26)25(9-10)11-1-2-16-17(6-11)30-4-3-29-16/h1-2,6-8,10H,3-5,9H2,(H2,23,27)(H,24,28). The molecule has 3 N–H and O–H groups in total. The number of rotatable bonds is 4. The largest absolute Gasteiger partial charge is 0.486 e. The molecule has 3 amide bonds. The Morgan fingerprint density at radius 3 is 2.53 bits per heavy atom. The first-order valence-electron chi connectivity index (χ1n) is 9.13. The van der Waals surface area contributed by atoms with Gasteiger partial charge in [0.1, 0.15) is 24.8 Å². The lowest BCUT2D eigenvalue weighted by atomic mass is 10.1. The lowest BCUT2D eigenvalue weighted by Crippen LogP contribution is -2.28. The number of anilines is 2. The minimum atomic E-state index is -1.13. The summed E-state index contributed by atoms with van der Waals surface area (Å²) in [7, 11) is 0. The number of hydrogen-bond acceptors (Lipinski definition) is 5. The van der Waals surface area contributed by atoms with E-state index in [-0.39, 0.29) is 24.6 Å². The summed E-state index contributed by atoms with van der Waals surface area (Å²) in [6, 6.07) is 6.33. The van der Waals surface area contributed by atoms with E-state index in [4.69, 9.17) is 15.2 Å². The summed E-state index contributed by atoms with van der Waals surface area (Å²) in [5.41, 5.74) is 4.66. The molecule has 8 nitrogen and oxygen atoms in total. The van der Waals surface area contributed by atoms with Gasteiger partial charge in [-0.15, -0.1) is 0 Å². The van der Waals surface area contributed by atoms with Gasteiger partial charge in [0.15, 0.2) is 11.5 Å². The van der Waals surface area contributed by atoms with Crippen LogP contribution >= 0.6 is 0 Å². The first-order chi connectivity index (χ1) is 14.3. The second-order valence-corrected chi connectivity index (χ2v) is 6.90. The normalized spacial score (nSPS) is 17.7. The average Bonchev–Trinajstić information content (AvgIpc) is 3.11. The van der Waals surface area contributed by atoms with Gasteiger partial charge in [0.25, 0.3) is 5.91 Å². The number of amides is 3. The van der Waals surface area contributed by atoms with Gasteiger partial charge < -0.3 is 25.4 Å². The number of carbonyl (C=O) groups is 3. The molecule has 1 unspecified atom stereocenters. The maximum Gasteiger partial charge on any atom is 0.251 e. The van der Waals surface area contributed by atoms with Gasteiger partial charge in [-0.25, -0.2) is 8.78 Å². The molecule has 0 aromatic heterocycles. The summed E-state index contributed by atoms with van der Waals surface area (Å²) in [4.78, 5) is 37.7. The van der Waals surface area contributed by atoms with Crippen LogP contribution in [-0.2, 0) is 9.59 Å². The highest BCUT2D eigenvalue weighted by Gasteiger charge is 2.36. The summed E-state index contributed by atoms with van der Waals surface area (Å²) < 4.78 is 38.6. The fourth-order valence-electron chi connectivity index (χ4n) is 3.40. The number of halogens is 2. The van der Waals surface area contributed by atoms with Crippen LogP contribution in [0.25, 0.3) is 0 Å². The first kappa shape index (κ1) is 19.6. The van der Waals surface area contributed by atoms with Crippen molar-refractivity contribution in [2.24, 2.45) is 11.7 Å². The molecule has 0 radical (unpaired) electrons. The third-order valence-corrected chi connectivity index (χ3v) is 4.91. The van der Waals surface area contributed by atoms with Crippen LogP contribution in [0.4, 0.5) is 20.2 Å². The van der Waals surface area contributed by atoms with E-state index >= 15 is 0 Å². The van der Waals surface area contributed by atoms with Gasteiger partial charge in [0.2, 0.25) is 11.8 Å². The van der Waals surface area contributed by atoms with Gasteiger partial charge >= 0.3 is 0 Å². The van der Waals surface area contributed by atoms with E-state index in [0.717, 1.165) is 6.07 Å². The Kier molecular flexibility index (Phi) is 4.98. The number of nitrogens with one attached hydrogen (secondary N) is 1. The molecule has 1 saturated heterocycles. The predicted octanol–water partition coefficient (Wildman–Crippen LogP) is 1.83. The summed E-state index contributed by atoms with van der Waals surface area (Å²) in [6.07, 6.45) is -0.0915. The zero-order valence-corrected chi connectivity index (χ0v) is 15.6. The molecule has 4 rings (SSSR count). The fourth-order valence-corrected chi connectivity index (χ4v) is 3.40. The van der Waals surface area contributed by atoms with Crippen LogP contribution in [0.15, 0.2) is 30.3 Å². The lowest BCUT2D eigenvalue weighted by molar-refractivity contribution is -0.122. The van der Waals surface area contributed by atoms with Crippen molar-refractivity contribution in [2.75, 3.05) is 30.0 Å².